The van der Waals surface area contributed by atoms with Crippen molar-refractivity contribution in [3.05, 3.63) is 131 Å². The molecule has 1 aliphatic rings. The van der Waals surface area contributed by atoms with E-state index in [9.17, 15) is 17.6 Å². The van der Waals surface area contributed by atoms with Crippen molar-refractivity contribution in [1.29, 1.82) is 0 Å². The Labute approximate surface area is 240 Å². The predicted molar refractivity (Wildman–Crippen MR) is 153 cm³/mol. The SMILES string of the molecule is C1=CSCC1.C=C(NCc1ccnc(CC)c1)C(c1ccc(-c2ccc(F)c(F)c2)cc1F)n1cc(C(F)F)cn1. The van der Waals surface area contributed by atoms with Crippen LogP contribution in [0, 0.1) is 17.5 Å². The molecule has 2 aromatic carbocycles. The molecule has 1 atom stereocenters. The van der Waals surface area contributed by atoms with Gasteiger partial charge in [0.05, 0.1) is 11.8 Å². The largest absolute Gasteiger partial charge is 0.383 e. The number of nitrogens with zero attached hydrogens (tertiary/aromatic N) is 3. The zero-order chi connectivity index (χ0) is 29.4. The Balaban J connectivity index is 0.000000699. The van der Waals surface area contributed by atoms with E-state index in [0.717, 1.165) is 42.2 Å². The molecule has 4 aromatic rings. The van der Waals surface area contributed by atoms with Crippen molar-refractivity contribution in [2.45, 2.75) is 38.8 Å². The third-order valence-electron chi connectivity index (χ3n) is 6.37. The molecule has 10 heteroatoms. The van der Waals surface area contributed by atoms with Crippen LogP contribution in [0.25, 0.3) is 11.1 Å². The van der Waals surface area contributed by atoms with E-state index in [2.05, 4.69) is 33.5 Å². The first-order chi connectivity index (χ1) is 19.8. The molecule has 2 aromatic heterocycles. The standard InChI is InChI=1S/C27H23F5N4.C4H6S/c1-3-21-10-17(8-9-33-21)13-34-16(2)26(36-15-20(14-35-36)27(31)32)22-6-4-18(11-24(22)29)19-5-7-23(28)25(30)12-19;1-2-4-5-3-1/h4-12,14-15,26-27,34H,2-3,13H2,1H3;1,3H,2,4H2. The number of hydrogen-bond acceptors (Lipinski definition) is 4. The van der Waals surface area contributed by atoms with Gasteiger partial charge in [-0.3, -0.25) is 9.67 Å². The minimum atomic E-state index is -2.74. The first-order valence-electron chi connectivity index (χ1n) is 13.0. The van der Waals surface area contributed by atoms with Crippen molar-refractivity contribution >= 4 is 11.8 Å². The highest BCUT2D eigenvalue weighted by atomic mass is 32.2. The highest BCUT2D eigenvalue weighted by Gasteiger charge is 2.24. The fourth-order valence-corrected chi connectivity index (χ4v) is 4.86. The average Bonchev–Trinajstić information content (AvgIpc) is 3.71. The van der Waals surface area contributed by atoms with Gasteiger partial charge in [0.2, 0.25) is 0 Å². The number of aryl methyl sites for hydroxylation is 1. The van der Waals surface area contributed by atoms with E-state index in [1.807, 2.05) is 30.8 Å². The second-order valence-electron chi connectivity index (χ2n) is 9.24. The molecule has 0 saturated heterocycles. The molecule has 214 valence electrons. The quantitative estimate of drug-likeness (QED) is 0.201. The van der Waals surface area contributed by atoms with Gasteiger partial charge in [0.15, 0.2) is 11.6 Å². The molecule has 4 nitrogen and oxygen atoms in total. The van der Waals surface area contributed by atoms with Gasteiger partial charge >= 0.3 is 0 Å². The summed E-state index contributed by atoms with van der Waals surface area (Å²) in [5.41, 5.74) is 2.57. The van der Waals surface area contributed by atoms with Gasteiger partial charge in [-0.05, 0) is 65.3 Å². The number of aromatic nitrogens is 3. The van der Waals surface area contributed by atoms with Crippen LogP contribution in [-0.4, -0.2) is 20.5 Å². The number of allylic oxidation sites excluding steroid dienone is 2. The number of thioether (sulfide) groups is 1. The summed E-state index contributed by atoms with van der Waals surface area (Å²) in [4.78, 5) is 4.26. The van der Waals surface area contributed by atoms with Crippen molar-refractivity contribution < 1.29 is 22.0 Å². The first-order valence-corrected chi connectivity index (χ1v) is 14.0. The van der Waals surface area contributed by atoms with Crippen molar-refractivity contribution in [3.8, 4) is 11.1 Å². The van der Waals surface area contributed by atoms with Crippen LogP contribution >= 0.6 is 11.8 Å². The molecule has 0 aliphatic carbocycles. The van der Waals surface area contributed by atoms with Gasteiger partial charge in [0.1, 0.15) is 11.9 Å². The number of rotatable bonds is 9. The summed E-state index contributed by atoms with van der Waals surface area (Å²) in [6, 6.07) is 10.2. The molecule has 0 bridgehead atoms. The molecular formula is C31H29F5N4S. The highest BCUT2D eigenvalue weighted by Crippen LogP contribution is 2.31. The van der Waals surface area contributed by atoms with Crippen molar-refractivity contribution in [3.63, 3.8) is 0 Å². The molecule has 0 saturated carbocycles. The Hall–Kier alpha value is -3.92. The monoisotopic (exact) mass is 584 g/mol. The van der Waals surface area contributed by atoms with Gasteiger partial charge in [0.25, 0.3) is 6.43 Å². The van der Waals surface area contributed by atoms with E-state index in [1.54, 1.807) is 12.3 Å². The van der Waals surface area contributed by atoms with E-state index < -0.39 is 29.9 Å². The van der Waals surface area contributed by atoms with Gasteiger partial charge in [-0.2, -0.15) is 5.10 Å². The molecular weight excluding hydrogens is 555 g/mol. The Morgan fingerprint density at radius 1 is 1.02 bits per heavy atom. The van der Waals surface area contributed by atoms with Gasteiger partial charge < -0.3 is 5.32 Å². The fourth-order valence-electron chi connectivity index (χ4n) is 4.18. The smallest absolute Gasteiger partial charge is 0.266 e. The molecule has 3 heterocycles. The molecule has 1 unspecified atom stereocenters. The van der Waals surface area contributed by atoms with Crippen LogP contribution in [0.4, 0.5) is 22.0 Å². The summed E-state index contributed by atoms with van der Waals surface area (Å²) >= 11 is 1.89. The van der Waals surface area contributed by atoms with Crippen LogP contribution in [0.2, 0.25) is 0 Å². The zero-order valence-electron chi connectivity index (χ0n) is 22.3. The van der Waals surface area contributed by atoms with Crippen LogP contribution < -0.4 is 5.32 Å². The molecule has 0 radical (unpaired) electrons. The third kappa shape index (κ3) is 7.85. The molecule has 0 amide bonds. The topological polar surface area (TPSA) is 42.7 Å². The lowest BCUT2D eigenvalue weighted by molar-refractivity contribution is 0.151. The lowest BCUT2D eigenvalue weighted by Crippen LogP contribution is -2.24. The van der Waals surface area contributed by atoms with Gasteiger partial charge in [-0.1, -0.05) is 37.8 Å². The summed E-state index contributed by atoms with van der Waals surface area (Å²) in [6.07, 6.45) is 5.35. The predicted octanol–water partition coefficient (Wildman–Crippen LogP) is 8.39. The summed E-state index contributed by atoms with van der Waals surface area (Å²) in [7, 11) is 0. The van der Waals surface area contributed by atoms with E-state index in [0.29, 0.717) is 17.8 Å². The van der Waals surface area contributed by atoms with E-state index in [-0.39, 0.29) is 16.7 Å². The zero-order valence-corrected chi connectivity index (χ0v) is 23.2. The number of nitrogens with one attached hydrogen (secondary N) is 1. The summed E-state index contributed by atoms with van der Waals surface area (Å²) in [5, 5.41) is 9.33. The van der Waals surface area contributed by atoms with Crippen molar-refractivity contribution in [2.75, 3.05) is 5.75 Å². The minimum Gasteiger partial charge on any atom is -0.383 e. The summed E-state index contributed by atoms with van der Waals surface area (Å²) in [5.74, 6) is -1.44. The number of hydrogen-bond donors (Lipinski definition) is 1. The van der Waals surface area contributed by atoms with E-state index in [4.69, 9.17) is 0 Å². The molecule has 0 spiro atoms. The van der Waals surface area contributed by atoms with Crippen LogP contribution in [0.3, 0.4) is 0 Å². The van der Waals surface area contributed by atoms with Crippen molar-refractivity contribution in [1.82, 2.24) is 20.1 Å². The Morgan fingerprint density at radius 3 is 2.37 bits per heavy atom. The summed E-state index contributed by atoms with van der Waals surface area (Å²) < 4.78 is 70.1. The number of pyridine rings is 1. The van der Waals surface area contributed by atoms with Gasteiger partial charge in [-0.25, -0.2) is 22.0 Å². The van der Waals surface area contributed by atoms with Crippen LogP contribution in [0.1, 0.15) is 48.2 Å². The van der Waals surface area contributed by atoms with Gasteiger partial charge in [0, 0.05) is 41.6 Å². The summed E-state index contributed by atoms with van der Waals surface area (Å²) in [6.45, 7) is 6.36. The number of halogens is 5. The Bertz CT molecular complexity index is 1510. The average molecular weight is 585 g/mol. The first kappa shape index (κ1) is 30.0. The molecule has 0 fully saturated rings. The van der Waals surface area contributed by atoms with Crippen LogP contribution in [0.5, 0.6) is 0 Å². The normalized spacial score (nSPS) is 13.1. The minimum absolute atomic E-state index is 0.117. The number of benzene rings is 2. The van der Waals surface area contributed by atoms with Crippen LogP contribution in [0.15, 0.2) is 90.9 Å². The fraction of sp³-hybridized carbons (Fsp3) is 0.226. The molecule has 1 N–H and O–H groups in total. The Kier molecular flexibility index (Phi) is 10.3. The van der Waals surface area contributed by atoms with E-state index >= 15 is 4.39 Å². The second kappa shape index (κ2) is 14.1. The molecule has 1 aliphatic heterocycles. The lowest BCUT2D eigenvalue weighted by Gasteiger charge is -2.23. The van der Waals surface area contributed by atoms with Gasteiger partial charge in [-0.15, -0.1) is 11.8 Å². The maximum atomic E-state index is 15.4. The maximum Gasteiger partial charge on any atom is 0.266 e. The highest BCUT2D eigenvalue weighted by molar-refractivity contribution is 8.02. The van der Waals surface area contributed by atoms with E-state index in [1.165, 1.54) is 35.1 Å². The molecule has 5 rings (SSSR count). The third-order valence-corrected chi connectivity index (χ3v) is 7.23. The van der Waals surface area contributed by atoms with Crippen molar-refractivity contribution in [2.24, 2.45) is 0 Å². The molecule has 41 heavy (non-hydrogen) atoms. The maximum absolute atomic E-state index is 15.4. The Morgan fingerprint density at radius 2 is 1.78 bits per heavy atom. The number of alkyl halides is 2. The second-order valence-corrected chi connectivity index (χ2v) is 10.3. The van der Waals surface area contributed by atoms with Crippen LogP contribution in [-0.2, 0) is 13.0 Å². The lowest BCUT2D eigenvalue weighted by atomic mass is 9.98.